The van der Waals surface area contributed by atoms with Crippen LogP contribution in [-0.4, -0.2) is 36.3 Å². The van der Waals surface area contributed by atoms with E-state index in [4.69, 9.17) is 4.74 Å². The molecule has 0 bridgehead atoms. The second-order valence-corrected chi connectivity index (χ2v) is 8.07. The van der Waals surface area contributed by atoms with E-state index in [0.717, 1.165) is 31.9 Å². The number of ether oxygens (including phenoxy) is 1. The van der Waals surface area contributed by atoms with E-state index in [1.54, 1.807) is 18.3 Å². The number of hydrogen-bond acceptors (Lipinski definition) is 5. The van der Waals surface area contributed by atoms with Gasteiger partial charge in [-0.3, -0.25) is 4.79 Å². The van der Waals surface area contributed by atoms with Crippen molar-refractivity contribution in [3.05, 3.63) is 80.7 Å². The van der Waals surface area contributed by atoms with Gasteiger partial charge in [0.05, 0.1) is 31.1 Å². The van der Waals surface area contributed by atoms with Crippen LogP contribution in [0.3, 0.4) is 0 Å². The molecule has 0 atom stereocenters. The molecule has 1 heterocycles. The average molecular weight is 530 g/mol. The maximum absolute atomic E-state index is 12.1. The van der Waals surface area contributed by atoms with Crippen LogP contribution in [0.25, 0.3) is 5.69 Å². The molecule has 2 aromatic carbocycles. The smallest absolute Gasteiger partial charge is 0.339 e. The Bertz CT molecular complexity index is 1120. The van der Waals surface area contributed by atoms with Crippen molar-refractivity contribution in [2.24, 2.45) is 5.10 Å². The molecule has 7 nitrogen and oxygen atoms in total. The van der Waals surface area contributed by atoms with Crippen LogP contribution >= 0.6 is 22.6 Å². The van der Waals surface area contributed by atoms with Crippen molar-refractivity contribution in [1.29, 1.82) is 0 Å². The molecule has 3 aromatic rings. The van der Waals surface area contributed by atoms with Crippen LogP contribution in [0.4, 0.5) is 5.69 Å². The second-order valence-electron chi connectivity index (χ2n) is 6.82. The Balaban J connectivity index is 1.70. The molecule has 31 heavy (non-hydrogen) atoms. The highest BCUT2D eigenvalue weighted by molar-refractivity contribution is 14.1. The zero-order valence-corrected chi connectivity index (χ0v) is 19.6. The van der Waals surface area contributed by atoms with Crippen LogP contribution in [0, 0.1) is 17.4 Å². The number of nitrogens with one attached hydrogen (secondary N) is 2. The molecule has 1 amide bonds. The molecular weight excluding hydrogens is 507 g/mol. The maximum atomic E-state index is 12.1. The number of anilines is 1. The highest BCUT2D eigenvalue weighted by Crippen LogP contribution is 2.23. The number of rotatable bonds is 7. The third-order valence-electron chi connectivity index (χ3n) is 4.71. The summed E-state index contributed by atoms with van der Waals surface area (Å²) < 4.78 is 8.00. The predicted octanol–water partition coefficient (Wildman–Crippen LogP) is 4.05. The Morgan fingerprint density at radius 3 is 2.55 bits per heavy atom. The Kier molecular flexibility index (Phi) is 7.45. The summed E-state index contributed by atoms with van der Waals surface area (Å²) in [5, 5.41) is 7.13. The maximum Gasteiger partial charge on any atom is 0.339 e. The van der Waals surface area contributed by atoms with Crippen molar-refractivity contribution in [2.75, 3.05) is 19.0 Å². The number of benzene rings is 2. The number of amides is 1. The van der Waals surface area contributed by atoms with Gasteiger partial charge in [-0.2, -0.15) is 5.10 Å². The quantitative estimate of drug-likeness (QED) is 0.209. The number of hydrazone groups is 1. The van der Waals surface area contributed by atoms with E-state index in [2.05, 4.69) is 38.4 Å². The summed E-state index contributed by atoms with van der Waals surface area (Å²) in [6.07, 6.45) is 1.60. The molecule has 8 heteroatoms. The Morgan fingerprint density at radius 1 is 1.13 bits per heavy atom. The minimum Gasteiger partial charge on any atom is -0.465 e. The predicted molar refractivity (Wildman–Crippen MR) is 130 cm³/mol. The van der Waals surface area contributed by atoms with E-state index < -0.39 is 5.97 Å². The van der Waals surface area contributed by atoms with Gasteiger partial charge in [0.25, 0.3) is 5.91 Å². The first-order chi connectivity index (χ1) is 14.9. The molecule has 0 aliphatic carbocycles. The summed E-state index contributed by atoms with van der Waals surface area (Å²) in [6.45, 7) is 3.99. The topological polar surface area (TPSA) is 84.7 Å². The number of carbonyl (C=O) groups excluding carboxylic acids is 2. The van der Waals surface area contributed by atoms with Gasteiger partial charge >= 0.3 is 5.97 Å². The van der Waals surface area contributed by atoms with Gasteiger partial charge in [-0.25, -0.2) is 10.2 Å². The molecule has 0 saturated heterocycles. The van der Waals surface area contributed by atoms with Gasteiger partial charge in [-0.1, -0.05) is 12.1 Å². The number of nitrogens with zero attached hydrogens (tertiary/aromatic N) is 2. The van der Waals surface area contributed by atoms with E-state index in [1.807, 2.05) is 60.9 Å². The molecule has 0 spiro atoms. The average Bonchev–Trinajstić information content (AvgIpc) is 3.05. The van der Waals surface area contributed by atoms with E-state index >= 15 is 0 Å². The van der Waals surface area contributed by atoms with E-state index in [9.17, 15) is 9.59 Å². The van der Waals surface area contributed by atoms with Crippen LogP contribution in [0.2, 0.25) is 0 Å². The lowest BCUT2D eigenvalue weighted by Gasteiger charge is -2.13. The minimum absolute atomic E-state index is 0.115. The van der Waals surface area contributed by atoms with Crippen molar-refractivity contribution < 1.29 is 14.3 Å². The summed E-state index contributed by atoms with van der Waals surface area (Å²) in [5.41, 5.74) is 7.27. The first kappa shape index (κ1) is 22.5. The van der Waals surface area contributed by atoms with Crippen molar-refractivity contribution in [3.8, 4) is 5.69 Å². The van der Waals surface area contributed by atoms with Gasteiger partial charge in [0, 0.05) is 26.2 Å². The molecule has 0 fully saturated rings. The van der Waals surface area contributed by atoms with Crippen molar-refractivity contribution in [3.63, 3.8) is 0 Å². The number of carbonyl (C=O) groups is 2. The number of hydrogen-bond donors (Lipinski definition) is 2. The van der Waals surface area contributed by atoms with Gasteiger partial charge in [0.1, 0.15) is 0 Å². The van der Waals surface area contributed by atoms with Crippen molar-refractivity contribution in [2.45, 2.75) is 13.8 Å². The van der Waals surface area contributed by atoms with Gasteiger partial charge in [0.2, 0.25) is 0 Å². The number of para-hydroxylation sites is 1. The normalized spacial score (nSPS) is 10.8. The standard InChI is InChI=1S/C23H23IN4O3/c1-15-12-17(13-26-27-22(29)14-25-19-10-8-18(24)9-11-19)16(2)28(15)21-7-5-4-6-20(21)23(30)31-3/h4-13,25H,14H2,1-3H3,(H,27,29)/b26-13-. The molecule has 0 radical (unpaired) electrons. The van der Waals surface area contributed by atoms with Crippen LogP contribution in [0.5, 0.6) is 0 Å². The largest absolute Gasteiger partial charge is 0.465 e. The molecule has 0 aliphatic heterocycles. The second kappa shape index (κ2) is 10.3. The molecule has 3 rings (SSSR count). The van der Waals surface area contributed by atoms with E-state index in [-0.39, 0.29) is 12.5 Å². The molecule has 0 aliphatic rings. The van der Waals surface area contributed by atoms with Crippen LogP contribution in [0.1, 0.15) is 27.3 Å². The summed E-state index contributed by atoms with van der Waals surface area (Å²) in [6, 6.07) is 17.0. The highest BCUT2D eigenvalue weighted by atomic mass is 127. The fraction of sp³-hybridized carbons (Fsp3) is 0.174. The first-order valence-corrected chi connectivity index (χ1v) is 10.7. The fourth-order valence-electron chi connectivity index (χ4n) is 3.20. The Labute approximate surface area is 194 Å². The zero-order chi connectivity index (χ0) is 22.4. The molecule has 0 unspecified atom stereocenters. The number of aryl methyl sites for hydroxylation is 1. The van der Waals surface area contributed by atoms with Crippen LogP contribution in [-0.2, 0) is 9.53 Å². The zero-order valence-electron chi connectivity index (χ0n) is 17.5. The lowest BCUT2D eigenvalue weighted by Crippen LogP contribution is -2.25. The lowest BCUT2D eigenvalue weighted by molar-refractivity contribution is -0.119. The summed E-state index contributed by atoms with van der Waals surface area (Å²) in [5.74, 6) is -0.647. The van der Waals surface area contributed by atoms with Crippen LogP contribution < -0.4 is 10.7 Å². The first-order valence-electron chi connectivity index (χ1n) is 9.58. The van der Waals surface area contributed by atoms with Crippen molar-refractivity contribution in [1.82, 2.24) is 9.99 Å². The fourth-order valence-corrected chi connectivity index (χ4v) is 3.56. The number of methoxy groups -OCH3 is 1. The Hall–Kier alpha value is -3.14. The van der Waals surface area contributed by atoms with E-state index in [0.29, 0.717) is 5.56 Å². The third-order valence-corrected chi connectivity index (χ3v) is 5.43. The van der Waals surface area contributed by atoms with Gasteiger partial charge in [-0.15, -0.1) is 0 Å². The summed E-state index contributed by atoms with van der Waals surface area (Å²) >= 11 is 2.23. The van der Waals surface area contributed by atoms with E-state index in [1.165, 1.54) is 7.11 Å². The van der Waals surface area contributed by atoms with Crippen molar-refractivity contribution >= 4 is 46.4 Å². The molecule has 1 aromatic heterocycles. The number of halogens is 1. The Morgan fingerprint density at radius 2 is 1.84 bits per heavy atom. The molecule has 0 saturated carbocycles. The monoisotopic (exact) mass is 530 g/mol. The third kappa shape index (κ3) is 5.52. The summed E-state index contributed by atoms with van der Waals surface area (Å²) in [7, 11) is 1.36. The lowest BCUT2D eigenvalue weighted by atomic mass is 10.1. The highest BCUT2D eigenvalue weighted by Gasteiger charge is 2.17. The molecule has 2 N–H and O–H groups in total. The van der Waals surface area contributed by atoms with Gasteiger partial charge < -0.3 is 14.6 Å². The number of esters is 1. The van der Waals surface area contributed by atoms with Gasteiger partial charge in [-0.05, 0) is 78.9 Å². The number of aromatic nitrogens is 1. The molecular formula is C23H23IN4O3. The van der Waals surface area contributed by atoms with Gasteiger partial charge in [0.15, 0.2) is 0 Å². The SMILES string of the molecule is COC(=O)c1ccccc1-n1c(C)cc(/C=N\NC(=O)CNc2ccc(I)cc2)c1C. The minimum atomic E-state index is -0.397. The van der Waals surface area contributed by atoms with Crippen LogP contribution in [0.15, 0.2) is 59.7 Å². The summed E-state index contributed by atoms with van der Waals surface area (Å²) in [4.78, 5) is 24.2. The molecule has 160 valence electrons.